The number of thiol groups is 1. The fourth-order valence-electron chi connectivity index (χ4n) is 3.97. The van der Waals surface area contributed by atoms with E-state index in [4.69, 9.17) is 5.73 Å². The van der Waals surface area contributed by atoms with E-state index in [9.17, 15) is 52.7 Å². The summed E-state index contributed by atoms with van der Waals surface area (Å²) < 4.78 is 163. The minimum atomic E-state index is -5.70. The van der Waals surface area contributed by atoms with E-state index in [1.54, 1.807) is 0 Å². The Hall–Kier alpha value is -0.510. The van der Waals surface area contributed by atoms with Gasteiger partial charge in [-0.25, -0.2) is 0 Å². The molecule has 2 N–H and O–H groups in total. The van der Waals surface area contributed by atoms with Crippen molar-refractivity contribution in [2.24, 2.45) is 21.6 Å². The van der Waals surface area contributed by atoms with Gasteiger partial charge in [-0.1, -0.05) is 12.8 Å². The van der Waals surface area contributed by atoms with Crippen LogP contribution in [0.4, 0.5) is 52.7 Å². The molecule has 0 bridgehead atoms. The van der Waals surface area contributed by atoms with Crippen molar-refractivity contribution in [2.45, 2.75) is 89.5 Å². The number of alkyl halides is 12. The van der Waals surface area contributed by atoms with Crippen LogP contribution in [0.3, 0.4) is 0 Å². The van der Waals surface area contributed by atoms with Gasteiger partial charge in [0, 0.05) is 11.3 Å². The van der Waals surface area contributed by atoms with Crippen LogP contribution in [0.15, 0.2) is 4.99 Å². The van der Waals surface area contributed by atoms with Gasteiger partial charge in [0.25, 0.3) is 0 Å². The number of halogens is 12. The van der Waals surface area contributed by atoms with Crippen LogP contribution < -0.4 is 5.73 Å². The first kappa shape index (κ1) is 35.5. The number of rotatable bonds is 13. The van der Waals surface area contributed by atoms with Crippen LogP contribution in [0.25, 0.3) is 0 Å². The van der Waals surface area contributed by atoms with Gasteiger partial charge in [-0.05, 0) is 58.0 Å². The molecular formula is C20H30F12N2S2. The average molecular weight is 591 g/mol. The lowest BCUT2D eigenvalue weighted by Gasteiger charge is -2.46. The maximum absolute atomic E-state index is 13.6. The third-order valence-corrected chi connectivity index (χ3v) is 7.30. The van der Waals surface area contributed by atoms with Crippen LogP contribution in [0.1, 0.15) is 59.3 Å². The SMILES string of the molecule is C/C(=N/CSCCCCC(C(C)(C)N)(C(F)(F)F)C(F)(F)F)C(CCCCS)(C(F)(F)F)C(F)(F)F. The van der Waals surface area contributed by atoms with E-state index in [2.05, 4.69) is 17.6 Å². The van der Waals surface area contributed by atoms with E-state index in [1.165, 1.54) is 0 Å². The molecule has 0 aromatic heterocycles. The minimum Gasteiger partial charge on any atom is -0.324 e. The molecule has 0 aromatic rings. The maximum Gasteiger partial charge on any atom is 0.408 e. The van der Waals surface area contributed by atoms with Crippen molar-refractivity contribution in [1.82, 2.24) is 0 Å². The third-order valence-electron chi connectivity index (χ3n) is 6.10. The van der Waals surface area contributed by atoms with Gasteiger partial charge in [-0.2, -0.15) is 65.3 Å². The average Bonchev–Trinajstić information content (AvgIpc) is 2.61. The zero-order valence-corrected chi connectivity index (χ0v) is 21.5. The summed E-state index contributed by atoms with van der Waals surface area (Å²) in [6, 6.07) is 0. The zero-order valence-electron chi connectivity index (χ0n) is 19.8. The summed E-state index contributed by atoms with van der Waals surface area (Å²) in [7, 11) is 0. The summed E-state index contributed by atoms with van der Waals surface area (Å²) in [5, 5.41) is 0. The van der Waals surface area contributed by atoms with Crippen LogP contribution in [0.2, 0.25) is 0 Å². The van der Waals surface area contributed by atoms with Crippen molar-refractivity contribution in [3.8, 4) is 0 Å². The molecule has 0 amide bonds. The maximum atomic E-state index is 13.6. The zero-order chi connectivity index (χ0) is 28.9. The van der Waals surface area contributed by atoms with Crippen molar-refractivity contribution in [1.29, 1.82) is 0 Å². The van der Waals surface area contributed by atoms with Gasteiger partial charge in [0.05, 0.1) is 5.88 Å². The number of unbranched alkanes of at least 4 members (excludes halogenated alkanes) is 2. The second-order valence-corrected chi connectivity index (χ2v) is 10.5. The minimum absolute atomic E-state index is 0.00992. The number of hydrogen-bond donors (Lipinski definition) is 2. The fourth-order valence-corrected chi connectivity index (χ4v) is 5.02. The molecule has 0 saturated carbocycles. The van der Waals surface area contributed by atoms with Gasteiger partial charge in [-0.15, -0.1) is 11.8 Å². The Kier molecular flexibility index (Phi) is 12.4. The molecule has 0 fully saturated rings. The molecule has 0 heterocycles. The molecule has 216 valence electrons. The number of aliphatic imine (C=N–C) groups is 1. The van der Waals surface area contributed by atoms with E-state index in [1.807, 2.05) is 0 Å². The van der Waals surface area contributed by atoms with Crippen LogP contribution in [-0.2, 0) is 0 Å². The second kappa shape index (κ2) is 12.6. The first-order valence-corrected chi connectivity index (χ1v) is 12.5. The Morgan fingerprint density at radius 3 is 1.53 bits per heavy atom. The molecular weight excluding hydrogens is 560 g/mol. The normalized spacial score (nSPS) is 15.5. The fraction of sp³-hybridized carbons (Fsp3) is 0.950. The Morgan fingerprint density at radius 2 is 1.17 bits per heavy atom. The van der Waals surface area contributed by atoms with Gasteiger partial charge in [0.1, 0.15) is 0 Å². The summed E-state index contributed by atoms with van der Waals surface area (Å²) >= 11 is 4.47. The molecule has 36 heavy (non-hydrogen) atoms. The molecule has 2 nitrogen and oxygen atoms in total. The first-order chi connectivity index (χ1) is 15.9. The van der Waals surface area contributed by atoms with Crippen molar-refractivity contribution in [2.75, 3.05) is 17.4 Å². The molecule has 0 rings (SSSR count). The standard InChI is InChI=1S/C20H30F12N2S2/c1-13(15(17(21,22)23,18(24,25)26)8-4-6-10-35)34-12-36-11-7-5-9-16(14(2,3)33,19(27,28)29)20(30,31)32/h35H,4-12,33H2,1-3H3/b34-13-. The van der Waals surface area contributed by atoms with Crippen LogP contribution in [0.5, 0.6) is 0 Å². The topological polar surface area (TPSA) is 38.4 Å². The van der Waals surface area contributed by atoms with E-state index >= 15 is 0 Å². The molecule has 0 radical (unpaired) electrons. The molecule has 0 aliphatic rings. The van der Waals surface area contributed by atoms with Gasteiger partial charge < -0.3 is 5.73 Å². The molecule has 0 aliphatic carbocycles. The van der Waals surface area contributed by atoms with E-state index < -0.39 is 78.3 Å². The summed E-state index contributed by atoms with van der Waals surface area (Å²) in [5.41, 5.74) is -7.00. The highest BCUT2D eigenvalue weighted by Gasteiger charge is 2.75. The number of nitrogens with zero attached hydrogens (tertiary/aromatic N) is 1. The number of hydrogen-bond acceptors (Lipinski definition) is 4. The van der Waals surface area contributed by atoms with E-state index in [0.29, 0.717) is 32.5 Å². The summed E-state index contributed by atoms with van der Waals surface area (Å²) in [6.45, 7) is 1.83. The summed E-state index contributed by atoms with van der Waals surface area (Å²) in [5.74, 6) is -0.639. The highest BCUT2D eigenvalue weighted by Crippen LogP contribution is 2.58. The smallest absolute Gasteiger partial charge is 0.324 e. The third kappa shape index (κ3) is 7.76. The Morgan fingerprint density at radius 1 is 0.722 bits per heavy atom. The molecule has 0 atom stereocenters. The van der Waals surface area contributed by atoms with Crippen molar-refractivity contribution >= 4 is 30.1 Å². The van der Waals surface area contributed by atoms with Gasteiger partial charge >= 0.3 is 24.7 Å². The lowest BCUT2D eigenvalue weighted by atomic mass is 9.67. The summed E-state index contributed by atoms with van der Waals surface area (Å²) in [6.07, 6.45) is -26.7. The predicted molar refractivity (Wildman–Crippen MR) is 119 cm³/mol. The molecule has 0 aromatic carbocycles. The van der Waals surface area contributed by atoms with Gasteiger partial charge in [0.15, 0.2) is 10.8 Å². The lowest BCUT2D eigenvalue weighted by molar-refractivity contribution is -0.361. The highest BCUT2D eigenvalue weighted by atomic mass is 32.2. The Bertz CT molecular complexity index is 654. The van der Waals surface area contributed by atoms with Crippen LogP contribution in [-0.4, -0.2) is 53.3 Å². The van der Waals surface area contributed by atoms with Crippen LogP contribution in [0, 0.1) is 10.8 Å². The Labute approximate surface area is 211 Å². The number of thioether (sulfide) groups is 1. The number of nitrogens with two attached hydrogens (primary N) is 1. The summed E-state index contributed by atoms with van der Waals surface area (Å²) in [4.78, 5) is 3.41. The molecule has 0 unspecified atom stereocenters. The first-order valence-electron chi connectivity index (χ1n) is 10.7. The van der Waals surface area contributed by atoms with Crippen molar-refractivity contribution in [3.63, 3.8) is 0 Å². The van der Waals surface area contributed by atoms with E-state index in [0.717, 1.165) is 0 Å². The van der Waals surface area contributed by atoms with Gasteiger partial charge in [0.2, 0.25) is 0 Å². The monoisotopic (exact) mass is 590 g/mol. The lowest BCUT2D eigenvalue weighted by Crippen LogP contribution is -2.66. The second-order valence-electron chi connectivity index (χ2n) is 8.94. The predicted octanol–water partition coefficient (Wildman–Crippen LogP) is 8.37. The highest BCUT2D eigenvalue weighted by molar-refractivity contribution is 7.99. The van der Waals surface area contributed by atoms with Crippen molar-refractivity contribution in [3.05, 3.63) is 0 Å². The van der Waals surface area contributed by atoms with Gasteiger partial charge in [-0.3, -0.25) is 4.99 Å². The molecule has 16 heteroatoms. The molecule has 0 aliphatic heterocycles. The van der Waals surface area contributed by atoms with E-state index in [-0.39, 0.29) is 24.3 Å². The van der Waals surface area contributed by atoms with Crippen LogP contribution >= 0.6 is 24.4 Å². The Balaban J connectivity index is 5.41. The molecule has 0 saturated heterocycles. The molecule has 0 spiro atoms. The largest absolute Gasteiger partial charge is 0.408 e. The van der Waals surface area contributed by atoms with Crippen molar-refractivity contribution < 1.29 is 52.7 Å². The quantitative estimate of drug-likeness (QED) is 0.0979.